The average Bonchev–Trinajstić information content (AvgIpc) is 2.38. The van der Waals surface area contributed by atoms with E-state index in [-0.39, 0.29) is 6.04 Å². The molecular formula is C12H19N3O. The highest BCUT2D eigenvalue weighted by atomic mass is 16.5. The van der Waals surface area contributed by atoms with Crippen LogP contribution in [0, 0.1) is 0 Å². The van der Waals surface area contributed by atoms with Crippen molar-refractivity contribution in [3.63, 3.8) is 0 Å². The Kier molecular flexibility index (Phi) is 4.30. The van der Waals surface area contributed by atoms with Gasteiger partial charge in [-0.25, -0.2) is 0 Å². The average molecular weight is 221 g/mol. The molecule has 1 heterocycles. The molecule has 88 valence electrons. The second-order valence-corrected chi connectivity index (χ2v) is 4.04. The Morgan fingerprint density at radius 1 is 1.25 bits per heavy atom. The maximum absolute atomic E-state index is 5.61. The van der Waals surface area contributed by atoms with Crippen LogP contribution >= 0.6 is 0 Å². The first kappa shape index (κ1) is 11.5. The molecule has 3 N–H and O–H groups in total. The summed E-state index contributed by atoms with van der Waals surface area (Å²) in [5.41, 5.74) is 4.12. The van der Waals surface area contributed by atoms with E-state index in [0.29, 0.717) is 0 Å². The molecular weight excluding hydrogens is 202 g/mol. The first-order chi connectivity index (χ1) is 7.90. The number of morpholine rings is 1. The molecule has 1 aliphatic heterocycles. The smallest absolute Gasteiger partial charge is 0.0594 e. The summed E-state index contributed by atoms with van der Waals surface area (Å²) < 4.78 is 5.33. The van der Waals surface area contributed by atoms with Crippen LogP contribution in [0.3, 0.4) is 0 Å². The zero-order valence-corrected chi connectivity index (χ0v) is 9.43. The van der Waals surface area contributed by atoms with E-state index in [1.54, 1.807) is 0 Å². The van der Waals surface area contributed by atoms with Gasteiger partial charge in [0.15, 0.2) is 0 Å². The summed E-state index contributed by atoms with van der Waals surface area (Å²) in [5.74, 6) is 5.61. The molecule has 0 radical (unpaired) electrons. The van der Waals surface area contributed by atoms with Crippen LogP contribution in [0.2, 0.25) is 0 Å². The first-order valence-electron chi connectivity index (χ1n) is 5.71. The van der Waals surface area contributed by atoms with Gasteiger partial charge in [-0.2, -0.15) is 0 Å². The summed E-state index contributed by atoms with van der Waals surface area (Å²) in [6.45, 7) is 4.57. The van der Waals surface area contributed by atoms with Crippen molar-refractivity contribution in [2.45, 2.75) is 6.04 Å². The van der Waals surface area contributed by atoms with Crippen LogP contribution in [-0.4, -0.2) is 37.7 Å². The van der Waals surface area contributed by atoms with E-state index in [1.807, 2.05) is 18.2 Å². The van der Waals surface area contributed by atoms with Crippen LogP contribution in [-0.2, 0) is 4.74 Å². The largest absolute Gasteiger partial charge is 0.379 e. The van der Waals surface area contributed by atoms with Crippen LogP contribution in [0.25, 0.3) is 0 Å². The fourth-order valence-electron chi connectivity index (χ4n) is 1.98. The van der Waals surface area contributed by atoms with Crippen molar-refractivity contribution >= 4 is 0 Å². The van der Waals surface area contributed by atoms with Crippen LogP contribution in [0.4, 0.5) is 0 Å². The minimum absolute atomic E-state index is 0.194. The number of ether oxygens (including phenoxy) is 1. The van der Waals surface area contributed by atoms with Gasteiger partial charge in [-0.3, -0.25) is 16.2 Å². The number of nitrogens with zero attached hydrogens (tertiary/aromatic N) is 1. The highest BCUT2D eigenvalue weighted by Crippen LogP contribution is 2.13. The molecule has 2 rings (SSSR count). The molecule has 1 atom stereocenters. The normalized spacial score (nSPS) is 19.6. The topological polar surface area (TPSA) is 50.5 Å². The number of nitrogens with two attached hydrogens (primary N) is 1. The third-order valence-electron chi connectivity index (χ3n) is 2.95. The molecule has 0 bridgehead atoms. The Labute approximate surface area is 96.3 Å². The van der Waals surface area contributed by atoms with E-state index >= 15 is 0 Å². The zero-order chi connectivity index (χ0) is 11.2. The summed E-state index contributed by atoms with van der Waals surface area (Å²) in [7, 11) is 0. The first-order valence-corrected chi connectivity index (χ1v) is 5.71. The van der Waals surface area contributed by atoms with Crippen molar-refractivity contribution in [1.82, 2.24) is 10.3 Å². The van der Waals surface area contributed by atoms with Gasteiger partial charge in [0.25, 0.3) is 0 Å². The molecule has 4 nitrogen and oxygen atoms in total. The lowest BCUT2D eigenvalue weighted by Gasteiger charge is -2.30. The predicted molar refractivity (Wildman–Crippen MR) is 63.8 cm³/mol. The fourth-order valence-corrected chi connectivity index (χ4v) is 1.98. The molecule has 1 aromatic carbocycles. The van der Waals surface area contributed by atoms with E-state index in [4.69, 9.17) is 10.6 Å². The van der Waals surface area contributed by atoms with Crippen LogP contribution in [0.15, 0.2) is 30.3 Å². The quantitative estimate of drug-likeness (QED) is 0.575. The van der Waals surface area contributed by atoms with E-state index in [9.17, 15) is 0 Å². The highest BCUT2D eigenvalue weighted by Gasteiger charge is 2.16. The van der Waals surface area contributed by atoms with E-state index in [2.05, 4.69) is 22.5 Å². The Balaban J connectivity index is 1.94. The van der Waals surface area contributed by atoms with E-state index in [1.165, 1.54) is 5.56 Å². The van der Waals surface area contributed by atoms with E-state index < -0.39 is 0 Å². The minimum Gasteiger partial charge on any atom is -0.379 e. The summed E-state index contributed by atoms with van der Waals surface area (Å²) >= 11 is 0. The van der Waals surface area contributed by atoms with Crippen molar-refractivity contribution in [2.75, 3.05) is 32.8 Å². The van der Waals surface area contributed by atoms with Crippen molar-refractivity contribution in [3.8, 4) is 0 Å². The van der Waals surface area contributed by atoms with Crippen molar-refractivity contribution in [1.29, 1.82) is 0 Å². The van der Waals surface area contributed by atoms with Crippen molar-refractivity contribution < 1.29 is 4.74 Å². The summed E-state index contributed by atoms with van der Waals surface area (Å²) in [5, 5.41) is 0. The predicted octanol–water partition coefficient (Wildman–Crippen LogP) is 0.523. The Bertz CT molecular complexity index is 298. The highest BCUT2D eigenvalue weighted by molar-refractivity contribution is 5.19. The van der Waals surface area contributed by atoms with Crippen LogP contribution in [0.1, 0.15) is 11.6 Å². The second-order valence-electron chi connectivity index (χ2n) is 4.04. The van der Waals surface area contributed by atoms with Gasteiger partial charge in [0.1, 0.15) is 0 Å². The molecule has 4 heteroatoms. The standard InChI is InChI=1S/C12H19N3O/c13-14-12(11-4-2-1-3-5-11)10-15-6-8-16-9-7-15/h1-5,12,14H,6-10,13H2. The van der Waals surface area contributed by atoms with Gasteiger partial charge in [0.05, 0.1) is 19.3 Å². The molecule has 1 fully saturated rings. The molecule has 1 aliphatic rings. The molecule has 0 aliphatic carbocycles. The fraction of sp³-hybridized carbons (Fsp3) is 0.500. The maximum atomic E-state index is 5.61. The lowest BCUT2D eigenvalue weighted by molar-refractivity contribution is 0.0334. The van der Waals surface area contributed by atoms with Gasteiger partial charge in [0.2, 0.25) is 0 Å². The third kappa shape index (κ3) is 3.02. The summed E-state index contributed by atoms with van der Waals surface area (Å²) in [4.78, 5) is 2.38. The zero-order valence-electron chi connectivity index (χ0n) is 9.43. The van der Waals surface area contributed by atoms with Gasteiger partial charge in [0, 0.05) is 19.6 Å². The molecule has 1 saturated heterocycles. The van der Waals surface area contributed by atoms with Crippen LogP contribution < -0.4 is 11.3 Å². The number of nitrogens with one attached hydrogen (secondary N) is 1. The van der Waals surface area contributed by atoms with Crippen molar-refractivity contribution in [2.24, 2.45) is 5.84 Å². The molecule has 0 aromatic heterocycles. The number of hydrazine groups is 1. The van der Waals surface area contributed by atoms with Gasteiger partial charge in [-0.15, -0.1) is 0 Å². The van der Waals surface area contributed by atoms with Gasteiger partial charge in [-0.05, 0) is 5.56 Å². The number of rotatable bonds is 4. The van der Waals surface area contributed by atoms with E-state index in [0.717, 1.165) is 32.8 Å². The van der Waals surface area contributed by atoms with Gasteiger partial charge in [-0.1, -0.05) is 30.3 Å². The lowest BCUT2D eigenvalue weighted by atomic mass is 10.1. The molecule has 0 spiro atoms. The molecule has 1 aromatic rings. The third-order valence-corrected chi connectivity index (χ3v) is 2.95. The number of hydrogen-bond donors (Lipinski definition) is 2. The SMILES string of the molecule is NNC(CN1CCOCC1)c1ccccc1. The number of hydrogen-bond acceptors (Lipinski definition) is 4. The van der Waals surface area contributed by atoms with Crippen LogP contribution in [0.5, 0.6) is 0 Å². The van der Waals surface area contributed by atoms with Crippen molar-refractivity contribution in [3.05, 3.63) is 35.9 Å². The molecule has 1 unspecified atom stereocenters. The maximum Gasteiger partial charge on any atom is 0.0594 e. The van der Waals surface area contributed by atoms with Gasteiger partial charge < -0.3 is 4.74 Å². The second kappa shape index (κ2) is 5.96. The monoisotopic (exact) mass is 221 g/mol. The molecule has 0 saturated carbocycles. The Morgan fingerprint density at radius 3 is 2.56 bits per heavy atom. The number of benzene rings is 1. The Hall–Kier alpha value is -0.940. The summed E-state index contributed by atoms with van der Waals surface area (Å²) in [6, 6.07) is 10.5. The Morgan fingerprint density at radius 2 is 1.94 bits per heavy atom. The van der Waals surface area contributed by atoms with Gasteiger partial charge >= 0.3 is 0 Å². The minimum atomic E-state index is 0.194. The molecule has 0 amide bonds. The summed E-state index contributed by atoms with van der Waals surface area (Å²) in [6.07, 6.45) is 0. The lowest BCUT2D eigenvalue weighted by Crippen LogP contribution is -2.43. The molecule has 16 heavy (non-hydrogen) atoms.